The molecular formula is C21H19ClN2O5S. The van der Waals surface area contributed by atoms with Crippen molar-refractivity contribution in [1.29, 1.82) is 0 Å². The van der Waals surface area contributed by atoms with E-state index in [-0.39, 0.29) is 17.4 Å². The molecule has 0 unspecified atom stereocenters. The van der Waals surface area contributed by atoms with E-state index >= 15 is 0 Å². The van der Waals surface area contributed by atoms with Gasteiger partial charge in [0, 0.05) is 16.8 Å². The smallest absolute Gasteiger partial charge is 0.262 e. The molecule has 0 fully saturated rings. The molecular weight excluding hydrogens is 428 g/mol. The molecule has 30 heavy (non-hydrogen) atoms. The van der Waals surface area contributed by atoms with Gasteiger partial charge in [0.15, 0.2) is 6.61 Å². The van der Waals surface area contributed by atoms with Crippen molar-refractivity contribution < 1.29 is 22.7 Å². The number of anilines is 2. The SMILES string of the molecule is COc1cccc(NS(=O)(=O)c2ccc(NC(=O)COc3ccc(Cl)cc3)cc2)c1. The second-order valence-electron chi connectivity index (χ2n) is 6.15. The number of sulfonamides is 1. The van der Waals surface area contributed by atoms with Crippen LogP contribution in [-0.2, 0) is 14.8 Å². The number of nitrogens with one attached hydrogen (secondary N) is 2. The van der Waals surface area contributed by atoms with Gasteiger partial charge in [-0.1, -0.05) is 17.7 Å². The van der Waals surface area contributed by atoms with Gasteiger partial charge in [0.05, 0.1) is 17.7 Å². The first-order chi connectivity index (χ1) is 14.4. The molecule has 0 aliphatic heterocycles. The quantitative estimate of drug-likeness (QED) is 0.541. The molecule has 3 rings (SSSR count). The lowest BCUT2D eigenvalue weighted by atomic mass is 10.3. The van der Waals surface area contributed by atoms with Gasteiger partial charge < -0.3 is 14.8 Å². The molecule has 0 aliphatic carbocycles. The highest BCUT2D eigenvalue weighted by Gasteiger charge is 2.15. The van der Waals surface area contributed by atoms with Crippen LogP contribution in [0.5, 0.6) is 11.5 Å². The monoisotopic (exact) mass is 446 g/mol. The fourth-order valence-corrected chi connectivity index (χ4v) is 3.67. The van der Waals surface area contributed by atoms with Crippen molar-refractivity contribution in [2.24, 2.45) is 0 Å². The Bertz CT molecular complexity index is 1120. The van der Waals surface area contributed by atoms with Crippen molar-refractivity contribution in [3.63, 3.8) is 0 Å². The van der Waals surface area contributed by atoms with E-state index in [4.69, 9.17) is 21.1 Å². The number of carbonyl (C=O) groups is 1. The average Bonchev–Trinajstić information content (AvgIpc) is 2.73. The molecule has 1 amide bonds. The van der Waals surface area contributed by atoms with Gasteiger partial charge in [-0.3, -0.25) is 9.52 Å². The zero-order valence-corrected chi connectivity index (χ0v) is 17.5. The maximum atomic E-state index is 12.5. The Balaban J connectivity index is 1.59. The number of carbonyl (C=O) groups excluding carboxylic acids is 1. The third-order valence-corrected chi connectivity index (χ3v) is 5.60. The summed E-state index contributed by atoms with van der Waals surface area (Å²) in [7, 11) is -2.29. The minimum Gasteiger partial charge on any atom is -0.497 e. The first-order valence-electron chi connectivity index (χ1n) is 8.81. The van der Waals surface area contributed by atoms with Crippen molar-refractivity contribution in [2.45, 2.75) is 4.90 Å². The van der Waals surface area contributed by atoms with Gasteiger partial charge in [0.25, 0.3) is 15.9 Å². The van der Waals surface area contributed by atoms with Gasteiger partial charge in [0.1, 0.15) is 11.5 Å². The molecule has 0 saturated heterocycles. The molecule has 0 spiro atoms. The Hall–Kier alpha value is -3.23. The number of hydrogen-bond donors (Lipinski definition) is 2. The normalized spacial score (nSPS) is 10.9. The van der Waals surface area contributed by atoms with E-state index in [1.807, 2.05) is 0 Å². The Labute approximate surface area is 179 Å². The number of benzene rings is 3. The largest absolute Gasteiger partial charge is 0.497 e. The predicted octanol–water partition coefficient (Wildman–Crippen LogP) is 4.17. The number of halogens is 1. The molecule has 156 valence electrons. The third kappa shape index (κ3) is 5.88. The molecule has 0 aliphatic rings. The molecule has 0 saturated carbocycles. The van der Waals surface area contributed by atoms with Crippen LogP contribution in [0.15, 0.2) is 77.7 Å². The van der Waals surface area contributed by atoms with Gasteiger partial charge >= 0.3 is 0 Å². The van der Waals surface area contributed by atoms with E-state index in [0.29, 0.717) is 27.9 Å². The molecule has 9 heteroatoms. The van der Waals surface area contributed by atoms with Crippen LogP contribution in [0.25, 0.3) is 0 Å². The Kier molecular flexibility index (Phi) is 6.81. The fraction of sp³-hybridized carbons (Fsp3) is 0.0952. The van der Waals surface area contributed by atoms with E-state index in [1.165, 1.54) is 31.4 Å². The molecule has 3 aromatic rings. The van der Waals surface area contributed by atoms with Crippen molar-refractivity contribution >= 4 is 38.9 Å². The molecule has 0 bridgehead atoms. The number of methoxy groups -OCH3 is 1. The van der Waals surface area contributed by atoms with E-state index in [2.05, 4.69) is 10.0 Å². The van der Waals surface area contributed by atoms with Crippen LogP contribution in [0.1, 0.15) is 0 Å². The zero-order valence-electron chi connectivity index (χ0n) is 16.0. The molecule has 7 nitrogen and oxygen atoms in total. The molecule has 2 N–H and O–H groups in total. The Morgan fingerprint density at radius 3 is 2.30 bits per heavy atom. The molecule has 0 heterocycles. The maximum Gasteiger partial charge on any atom is 0.262 e. The van der Waals surface area contributed by atoms with E-state index in [0.717, 1.165) is 0 Å². The highest BCUT2D eigenvalue weighted by Crippen LogP contribution is 2.22. The number of amides is 1. The predicted molar refractivity (Wildman–Crippen MR) is 116 cm³/mol. The summed E-state index contributed by atoms with van der Waals surface area (Å²) >= 11 is 5.80. The third-order valence-electron chi connectivity index (χ3n) is 3.95. The number of ether oxygens (including phenoxy) is 2. The standard InChI is InChI=1S/C21H19ClN2O5S/c1-28-19-4-2-3-17(13-19)24-30(26,27)20-11-7-16(8-12-20)23-21(25)14-29-18-9-5-15(22)6-10-18/h2-13,24H,14H2,1H3,(H,23,25). The Morgan fingerprint density at radius 2 is 1.63 bits per heavy atom. The highest BCUT2D eigenvalue weighted by atomic mass is 35.5. The van der Waals surface area contributed by atoms with Crippen molar-refractivity contribution in [3.8, 4) is 11.5 Å². The first-order valence-corrected chi connectivity index (χ1v) is 10.7. The van der Waals surface area contributed by atoms with Crippen LogP contribution < -0.4 is 19.5 Å². The number of hydrogen-bond acceptors (Lipinski definition) is 5. The molecule has 3 aromatic carbocycles. The fourth-order valence-electron chi connectivity index (χ4n) is 2.49. The van der Waals surface area contributed by atoms with Gasteiger partial charge in [-0.05, 0) is 60.7 Å². The van der Waals surface area contributed by atoms with Crippen molar-refractivity contribution in [3.05, 3.63) is 77.8 Å². The van der Waals surface area contributed by atoms with Crippen LogP contribution in [0.3, 0.4) is 0 Å². The van der Waals surface area contributed by atoms with Crippen molar-refractivity contribution in [1.82, 2.24) is 0 Å². The van der Waals surface area contributed by atoms with Crippen LogP contribution >= 0.6 is 11.6 Å². The zero-order chi connectivity index (χ0) is 21.6. The summed E-state index contributed by atoms with van der Waals surface area (Å²) in [6.45, 7) is -0.195. The van der Waals surface area contributed by atoms with E-state index in [9.17, 15) is 13.2 Å². The maximum absolute atomic E-state index is 12.5. The topological polar surface area (TPSA) is 93.7 Å². The van der Waals surface area contributed by atoms with Gasteiger partial charge in [-0.2, -0.15) is 0 Å². The van der Waals surface area contributed by atoms with E-state index in [1.54, 1.807) is 48.5 Å². The van der Waals surface area contributed by atoms with Crippen molar-refractivity contribution in [2.75, 3.05) is 23.8 Å². The molecule has 0 atom stereocenters. The lowest BCUT2D eigenvalue weighted by molar-refractivity contribution is -0.118. The van der Waals surface area contributed by atoms with Crippen LogP contribution in [0.4, 0.5) is 11.4 Å². The summed E-state index contributed by atoms with van der Waals surface area (Å²) in [5, 5.41) is 3.22. The van der Waals surface area contributed by atoms with Gasteiger partial charge in [0.2, 0.25) is 0 Å². The minimum absolute atomic E-state index is 0.0562. The summed E-state index contributed by atoms with van der Waals surface area (Å²) in [5.41, 5.74) is 0.825. The van der Waals surface area contributed by atoms with Gasteiger partial charge in [-0.15, -0.1) is 0 Å². The number of rotatable bonds is 8. The summed E-state index contributed by atoms with van der Waals surface area (Å²) in [6.07, 6.45) is 0. The summed E-state index contributed by atoms with van der Waals surface area (Å²) in [6, 6.07) is 19.0. The molecule has 0 aromatic heterocycles. The summed E-state index contributed by atoms with van der Waals surface area (Å²) in [5.74, 6) is 0.670. The van der Waals surface area contributed by atoms with Crippen LogP contribution in [-0.4, -0.2) is 28.0 Å². The molecule has 0 radical (unpaired) electrons. The lowest BCUT2D eigenvalue weighted by Gasteiger charge is -2.11. The minimum atomic E-state index is -3.79. The van der Waals surface area contributed by atoms with Crippen LogP contribution in [0, 0.1) is 0 Å². The highest BCUT2D eigenvalue weighted by molar-refractivity contribution is 7.92. The van der Waals surface area contributed by atoms with E-state index < -0.39 is 10.0 Å². The van der Waals surface area contributed by atoms with Crippen LogP contribution in [0.2, 0.25) is 5.02 Å². The summed E-state index contributed by atoms with van der Waals surface area (Å²) in [4.78, 5) is 12.1. The lowest BCUT2D eigenvalue weighted by Crippen LogP contribution is -2.20. The Morgan fingerprint density at radius 1 is 0.933 bits per heavy atom. The second kappa shape index (κ2) is 9.51. The average molecular weight is 447 g/mol. The summed E-state index contributed by atoms with van der Waals surface area (Å²) < 4.78 is 38.0. The second-order valence-corrected chi connectivity index (χ2v) is 8.27. The van der Waals surface area contributed by atoms with Gasteiger partial charge in [-0.25, -0.2) is 8.42 Å². The first kappa shape index (κ1) is 21.5.